The molecule has 28 heavy (non-hydrogen) atoms. The van der Waals surface area contributed by atoms with Crippen molar-refractivity contribution in [2.45, 2.75) is 0 Å². The Morgan fingerprint density at radius 3 is 2.14 bits per heavy atom. The minimum absolute atomic E-state index is 0.240. The van der Waals surface area contributed by atoms with Gasteiger partial charge >= 0.3 is 0 Å². The third-order valence-corrected chi connectivity index (χ3v) is 4.03. The van der Waals surface area contributed by atoms with Crippen LogP contribution in [0, 0.1) is 0 Å². The molecular formula is C21H21N3O4. The molecule has 0 unspecified atom stereocenters. The molecule has 1 amide bonds. The maximum atomic E-state index is 12.3. The molecule has 0 spiro atoms. The lowest BCUT2D eigenvalue weighted by Gasteiger charge is -2.11. The number of hydrogen-bond acceptors (Lipinski definition) is 6. The smallest absolute Gasteiger partial charge is 0.256 e. The van der Waals surface area contributed by atoms with Gasteiger partial charge in [-0.2, -0.15) is 0 Å². The number of nitrogens with zero attached hydrogens (tertiary/aromatic N) is 1. The molecular weight excluding hydrogens is 358 g/mol. The monoisotopic (exact) mass is 379 g/mol. The number of ether oxygens (including phenoxy) is 3. The largest absolute Gasteiger partial charge is 0.497 e. The fourth-order valence-electron chi connectivity index (χ4n) is 2.55. The van der Waals surface area contributed by atoms with Crippen LogP contribution in [0.2, 0.25) is 0 Å². The highest BCUT2D eigenvalue weighted by Crippen LogP contribution is 2.31. The van der Waals surface area contributed by atoms with Crippen LogP contribution in [0.5, 0.6) is 17.2 Å². The van der Waals surface area contributed by atoms with Gasteiger partial charge in [0.2, 0.25) is 0 Å². The predicted molar refractivity (Wildman–Crippen MR) is 108 cm³/mol. The minimum atomic E-state index is -0.240. The topological polar surface area (TPSA) is 81.7 Å². The number of carbonyl (C=O) groups is 1. The first-order chi connectivity index (χ1) is 13.6. The summed E-state index contributed by atoms with van der Waals surface area (Å²) in [4.78, 5) is 16.6. The van der Waals surface area contributed by atoms with Crippen LogP contribution in [-0.2, 0) is 0 Å². The molecule has 0 radical (unpaired) electrons. The Morgan fingerprint density at radius 1 is 0.821 bits per heavy atom. The van der Waals surface area contributed by atoms with Crippen LogP contribution in [-0.4, -0.2) is 32.2 Å². The van der Waals surface area contributed by atoms with E-state index in [0.717, 1.165) is 11.4 Å². The van der Waals surface area contributed by atoms with Crippen molar-refractivity contribution >= 4 is 23.1 Å². The second-order valence-corrected chi connectivity index (χ2v) is 5.81. The molecule has 0 aliphatic carbocycles. The molecule has 0 aliphatic rings. The van der Waals surface area contributed by atoms with E-state index in [0.29, 0.717) is 28.6 Å². The number of amides is 1. The molecule has 3 aromatic rings. The van der Waals surface area contributed by atoms with Crippen molar-refractivity contribution in [3.05, 3.63) is 66.4 Å². The first kappa shape index (κ1) is 19.0. The molecule has 7 nitrogen and oxygen atoms in total. The number of aromatic nitrogens is 1. The van der Waals surface area contributed by atoms with Crippen molar-refractivity contribution in [2.24, 2.45) is 0 Å². The van der Waals surface area contributed by atoms with E-state index in [9.17, 15) is 4.79 Å². The highest BCUT2D eigenvalue weighted by molar-refractivity contribution is 6.03. The normalized spacial score (nSPS) is 10.1. The first-order valence-corrected chi connectivity index (χ1v) is 8.53. The van der Waals surface area contributed by atoms with E-state index in [4.69, 9.17) is 14.2 Å². The second-order valence-electron chi connectivity index (χ2n) is 5.81. The number of pyridine rings is 1. The summed E-state index contributed by atoms with van der Waals surface area (Å²) in [6, 6.07) is 15.9. The molecule has 3 rings (SSSR count). The lowest BCUT2D eigenvalue weighted by molar-refractivity contribution is 0.102. The van der Waals surface area contributed by atoms with E-state index in [1.165, 1.54) is 0 Å². The van der Waals surface area contributed by atoms with Crippen molar-refractivity contribution < 1.29 is 19.0 Å². The van der Waals surface area contributed by atoms with Gasteiger partial charge in [-0.05, 0) is 48.5 Å². The Hall–Kier alpha value is -3.74. The van der Waals surface area contributed by atoms with Crippen molar-refractivity contribution in [3.8, 4) is 17.2 Å². The Balaban J connectivity index is 1.65. The van der Waals surface area contributed by atoms with E-state index in [2.05, 4.69) is 15.6 Å². The van der Waals surface area contributed by atoms with Gasteiger partial charge < -0.3 is 24.8 Å². The van der Waals surface area contributed by atoms with Crippen LogP contribution in [0.25, 0.3) is 0 Å². The average molecular weight is 379 g/mol. The standard InChI is InChI=1S/C21H21N3O4/c1-26-17-8-4-14(5-9-17)21(25)24-20-11-7-16(13-22-20)23-15-6-10-18(27-2)19(12-15)28-3/h4-13,23H,1-3H3,(H,22,24,25). The van der Waals surface area contributed by atoms with Crippen molar-refractivity contribution in [1.29, 1.82) is 0 Å². The van der Waals surface area contributed by atoms with Gasteiger partial charge in [0.05, 0.1) is 33.2 Å². The maximum Gasteiger partial charge on any atom is 0.256 e. The number of anilines is 3. The van der Waals surface area contributed by atoms with Gasteiger partial charge in [0, 0.05) is 17.3 Å². The van der Waals surface area contributed by atoms with Crippen LogP contribution in [0.3, 0.4) is 0 Å². The molecule has 0 bridgehead atoms. The van der Waals surface area contributed by atoms with Gasteiger partial charge in [-0.25, -0.2) is 4.98 Å². The van der Waals surface area contributed by atoms with E-state index in [1.807, 2.05) is 24.3 Å². The molecule has 2 N–H and O–H groups in total. The summed E-state index contributed by atoms with van der Waals surface area (Å²) < 4.78 is 15.6. The summed E-state index contributed by atoms with van der Waals surface area (Å²) in [6.45, 7) is 0. The van der Waals surface area contributed by atoms with Gasteiger partial charge in [0.25, 0.3) is 5.91 Å². The second kappa shape index (κ2) is 8.77. The highest BCUT2D eigenvalue weighted by atomic mass is 16.5. The zero-order chi connectivity index (χ0) is 19.9. The summed E-state index contributed by atoms with van der Waals surface area (Å²) in [5, 5.41) is 6.00. The lowest BCUT2D eigenvalue weighted by Crippen LogP contribution is -2.12. The third kappa shape index (κ3) is 4.50. The Kier molecular flexibility index (Phi) is 5.96. The van der Waals surface area contributed by atoms with Gasteiger partial charge in [-0.15, -0.1) is 0 Å². The minimum Gasteiger partial charge on any atom is -0.497 e. The van der Waals surface area contributed by atoms with Gasteiger partial charge in [-0.1, -0.05) is 0 Å². The van der Waals surface area contributed by atoms with Gasteiger partial charge in [0.15, 0.2) is 11.5 Å². The molecule has 1 heterocycles. The van der Waals surface area contributed by atoms with E-state index < -0.39 is 0 Å². The van der Waals surface area contributed by atoms with Crippen LogP contribution in [0.15, 0.2) is 60.8 Å². The number of benzene rings is 2. The molecule has 2 aromatic carbocycles. The molecule has 0 fully saturated rings. The van der Waals surface area contributed by atoms with Gasteiger partial charge in [-0.3, -0.25) is 4.79 Å². The van der Waals surface area contributed by atoms with Crippen molar-refractivity contribution in [2.75, 3.05) is 32.0 Å². The summed E-state index contributed by atoms with van der Waals surface area (Å²) in [5.74, 6) is 2.20. The molecule has 0 atom stereocenters. The zero-order valence-corrected chi connectivity index (χ0v) is 15.9. The van der Waals surface area contributed by atoms with Gasteiger partial charge in [0.1, 0.15) is 11.6 Å². The molecule has 0 aliphatic heterocycles. The number of hydrogen-bond donors (Lipinski definition) is 2. The molecule has 144 valence electrons. The SMILES string of the molecule is COc1ccc(C(=O)Nc2ccc(Nc3ccc(OC)c(OC)c3)cn2)cc1. The summed E-state index contributed by atoms with van der Waals surface area (Å²) in [5.41, 5.74) is 2.12. The molecule has 0 saturated carbocycles. The predicted octanol–water partition coefficient (Wildman–Crippen LogP) is 4.10. The Bertz CT molecular complexity index is 941. The summed E-state index contributed by atoms with van der Waals surface area (Å²) in [6.07, 6.45) is 1.64. The highest BCUT2D eigenvalue weighted by Gasteiger charge is 2.08. The van der Waals surface area contributed by atoms with Crippen LogP contribution < -0.4 is 24.8 Å². The maximum absolute atomic E-state index is 12.3. The Labute approximate surface area is 163 Å². The quantitative estimate of drug-likeness (QED) is 0.643. The number of nitrogens with one attached hydrogen (secondary N) is 2. The van der Waals surface area contributed by atoms with Crippen LogP contribution in [0.1, 0.15) is 10.4 Å². The molecule has 1 aromatic heterocycles. The fourth-order valence-corrected chi connectivity index (χ4v) is 2.55. The average Bonchev–Trinajstić information content (AvgIpc) is 2.75. The Morgan fingerprint density at radius 2 is 1.54 bits per heavy atom. The summed E-state index contributed by atoms with van der Waals surface area (Å²) >= 11 is 0. The first-order valence-electron chi connectivity index (χ1n) is 8.53. The lowest BCUT2D eigenvalue weighted by atomic mass is 10.2. The van der Waals surface area contributed by atoms with E-state index in [1.54, 1.807) is 57.9 Å². The molecule has 0 saturated heterocycles. The third-order valence-electron chi connectivity index (χ3n) is 4.03. The van der Waals surface area contributed by atoms with Crippen LogP contribution >= 0.6 is 0 Å². The van der Waals surface area contributed by atoms with Crippen molar-refractivity contribution in [1.82, 2.24) is 4.98 Å². The number of methoxy groups -OCH3 is 3. The van der Waals surface area contributed by atoms with Crippen molar-refractivity contribution in [3.63, 3.8) is 0 Å². The van der Waals surface area contributed by atoms with E-state index in [-0.39, 0.29) is 5.91 Å². The summed E-state index contributed by atoms with van der Waals surface area (Å²) in [7, 11) is 4.76. The number of carbonyl (C=O) groups excluding carboxylic acids is 1. The zero-order valence-electron chi connectivity index (χ0n) is 15.9. The van der Waals surface area contributed by atoms with Crippen LogP contribution in [0.4, 0.5) is 17.2 Å². The fraction of sp³-hybridized carbons (Fsp3) is 0.143. The van der Waals surface area contributed by atoms with E-state index >= 15 is 0 Å². The molecule has 7 heteroatoms. The number of rotatable bonds is 7.